The molecule has 1 amide bonds. The summed E-state index contributed by atoms with van der Waals surface area (Å²) in [6.07, 6.45) is 1.90. The molecule has 0 radical (unpaired) electrons. The third-order valence-corrected chi connectivity index (χ3v) is 5.26. The Bertz CT molecular complexity index is 798. The van der Waals surface area contributed by atoms with Crippen molar-refractivity contribution in [1.29, 1.82) is 0 Å². The molecule has 0 aliphatic carbocycles. The Morgan fingerprint density at radius 3 is 2.64 bits per heavy atom. The van der Waals surface area contributed by atoms with E-state index < -0.39 is 0 Å². The van der Waals surface area contributed by atoms with Gasteiger partial charge in [-0.3, -0.25) is 4.79 Å². The number of amides is 1. The maximum absolute atomic E-state index is 12.3. The number of anilines is 1. The maximum atomic E-state index is 12.3. The molecule has 1 atom stereocenters. The number of fused-ring (bicyclic) bond motifs is 1. The van der Waals surface area contributed by atoms with Crippen molar-refractivity contribution in [3.8, 4) is 0 Å². The predicted molar refractivity (Wildman–Crippen MR) is 105 cm³/mol. The maximum Gasteiger partial charge on any atom is 0.239 e. The summed E-state index contributed by atoms with van der Waals surface area (Å²) in [7, 11) is 1.91. The summed E-state index contributed by atoms with van der Waals surface area (Å²) >= 11 is 1.61. The van der Waals surface area contributed by atoms with Crippen LogP contribution in [0.2, 0.25) is 0 Å². The molecule has 0 saturated carbocycles. The van der Waals surface area contributed by atoms with Crippen LogP contribution < -0.4 is 10.2 Å². The first-order valence-electron chi connectivity index (χ1n) is 8.52. The molecule has 2 aromatic carbocycles. The lowest BCUT2D eigenvalue weighted by Gasteiger charge is -2.18. The van der Waals surface area contributed by atoms with E-state index in [2.05, 4.69) is 35.4 Å². The minimum Gasteiger partial charge on any atom is -0.352 e. The molecule has 3 aromatic rings. The molecule has 25 heavy (non-hydrogen) atoms. The Balaban J connectivity index is 1.49. The highest BCUT2D eigenvalue weighted by atomic mass is 32.1. The van der Waals surface area contributed by atoms with E-state index in [-0.39, 0.29) is 11.9 Å². The number of para-hydroxylation sites is 1. The first kappa shape index (κ1) is 17.4. The van der Waals surface area contributed by atoms with Gasteiger partial charge in [-0.15, -0.1) is 0 Å². The molecule has 0 aliphatic heterocycles. The van der Waals surface area contributed by atoms with Gasteiger partial charge in [-0.1, -0.05) is 53.8 Å². The van der Waals surface area contributed by atoms with Crippen LogP contribution in [0.4, 0.5) is 5.13 Å². The summed E-state index contributed by atoms with van der Waals surface area (Å²) in [4.78, 5) is 18.8. The molecule has 1 unspecified atom stereocenters. The van der Waals surface area contributed by atoms with Crippen molar-refractivity contribution in [2.75, 3.05) is 18.5 Å². The smallest absolute Gasteiger partial charge is 0.239 e. The van der Waals surface area contributed by atoms with Crippen LogP contribution in [0.15, 0.2) is 54.6 Å². The number of aryl methyl sites for hydroxylation is 1. The van der Waals surface area contributed by atoms with E-state index in [0.717, 1.165) is 28.2 Å². The van der Waals surface area contributed by atoms with Gasteiger partial charge in [0.25, 0.3) is 0 Å². The van der Waals surface area contributed by atoms with Gasteiger partial charge in [-0.2, -0.15) is 0 Å². The van der Waals surface area contributed by atoms with Crippen LogP contribution in [-0.2, 0) is 11.2 Å². The van der Waals surface area contributed by atoms with E-state index in [1.54, 1.807) is 11.3 Å². The van der Waals surface area contributed by atoms with Crippen molar-refractivity contribution in [1.82, 2.24) is 10.3 Å². The molecule has 130 valence electrons. The second-order valence-electron chi connectivity index (χ2n) is 6.31. The fourth-order valence-corrected chi connectivity index (χ4v) is 3.65. The molecule has 5 heteroatoms. The molecule has 0 aliphatic rings. The third kappa shape index (κ3) is 4.79. The zero-order valence-electron chi connectivity index (χ0n) is 14.6. The highest BCUT2D eigenvalue weighted by Crippen LogP contribution is 2.27. The van der Waals surface area contributed by atoms with Crippen LogP contribution in [0, 0.1) is 0 Å². The summed E-state index contributed by atoms with van der Waals surface area (Å²) in [5.74, 6) is 0.0299. The number of nitrogens with one attached hydrogen (secondary N) is 1. The number of carbonyl (C=O) groups excluding carboxylic acids is 1. The van der Waals surface area contributed by atoms with Crippen molar-refractivity contribution in [3.63, 3.8) is 0 Å². The zero-order valence-corrected chi connectivity index (χ0v) is 15.4. The topological polar surface area (TPSA) is 45.2 Å². The van der Waals surface area contributed by atoms with E-state index in [1.807, 2.05) is 48.3 Å². The number of carbonyl (C=O) groups is 1. The summed E-state index contributed by atoms with van der Waals surface area (Å²) < 4.78 is 1.14. The fourth-order valence-electron chi connectivity index (χ4n) is 2.73. The van der Waals surface area contributed by atoms with Crippen molar-refractivity contribution < 1.29 is 4.79 Å². The van der Waals surface area contributed by atoms with Gasteiger partial charge in [0.1, 0.15) is 0 Å². The average molecular weight is 353 g/mol. The Hall–Kier alpha value is -2.40. The minimum atomic E-state index is 0.0299. The summed E-state index contributed by atoms with van der Waals surface area (Å²) in [5.41, 5.74) is 2.28. The molecule has 1 heterocycles. The van der Waals surface area contributed by atoms with Gasteiger partial charge in [0.05, 0.1) is 16.8 Å². The second kappa shape index (κ2) is 8.12. The van der Waals surface area contributed by atoms with E-state index in [1.165, 1.54) is 5.56 Å². The quantitative estimate of drug-likeness (QED) is 0.701. The van der Waals surface area contributed by atoms with Crippen molar-refractivity contribution >= 4 is 32.6 Å². The van der Waals surface area contributed by atoms with Crippen molar-refractivity contribution in [3.05, 3.63) is 60.2 Å². The highest BCUT2D eigenvalue weighted by Gasteiger charge is 2.13. The van der Waals surface area contributed by atoms with Gasteiger partial charge < -0.3 is 10.2 Å². The number of hydrogen-bond donors (Lipinski definition) is 1. The number of aromatic nitrogens is 1. The van der Waals surface area contributed by atoms with Gasteiger partial charge >= 0.3 is 0 Å². The molecule has 0 saturated heterocycles. The van der Waals surface area contributed by atoms with Crippen LogP contribution in [-0.4, -0.2) is 30.5 Å². The summed E-state index contributed by atoms with van der Waals surface area (Å²) in [6, 6.07) is 18.5. The molecule has 3 rings (SSSR count). The standard InChI is InChI=1S/C20H23N3OS/c1-15(12-13-16-8-4-3-5-9-16)21-19(24)14-23(2)20-22-17-10-6-7-11-18(17)25-20/h3-11,15H,12-14H2,1-2H3,(H,21,24). The SMILES string of the molecule is CC(CCc1ccccc1)NC(=O)CN(C)c1nc2ccccc2s1. The second-order valence-corrected chi connectivity index (χ2v) is 7.32. The molecular weight excluding hydrogens is 330 g/mol. The Labute approximate surface area is 152 Å². The van der Waals surface area contributed by atoms with Gasteiger partial charge in [0.15, 0.2) is 5.13 Å². The monoisotopic (exact) mass is 353 g/mol. The molecule has 0 fully saturated rings. The number of hydrogen-bond acceptors (Lipinski definition) is 4. The van der Waals surface area contributed by atoms with Crippen molar-refractivity contribution in [2.45, 2.75) is 25.8 Å². The Kier molecular flexibility index (Phi) is 5.66. The Morgan fingerprint density at radius 2 is 1.88 bits per heavy atom. The number of rotatable bonds is 7. The molecule has 1 N–H and O–H groups in total. The fraction of sp³-hybridized carbons (Fsp3) is 0.300. The third-order valence-electron chi connectivity index (χ3n) is 4.11. The molecule has 0 spiro atoms. The van der Waals surface area contributed by atoms with Gasteiger partial charge in [-0.25, -0.2) is 4.98 Å². The lowest BCUT2D eigenvalue weighted by Crippen LogP contribution is -2.40. The van der Waals surface area contributed by atoms with Gasteiger partial charge in [-0.05, 0) is 37.5 Å². The average Bonchev–Trinajstić information content (AvgIpc) is 3.05. The van der Waals surface area contributed by atoms with E-state index in [9.17, 15) is 4.79 Å². The number of nitrogens with zero attached hydrogens (tertiary/aromatic N) is 2. The van der Waals surface area contributed by atoms with Crippen LogP contribution in [0.5, 0.6) is 0 Å². The normalized spacial score (nSPS) is 12.1. The lowest BCUT2D eigenvalue weighted by molar-refractivity contribution is -0.120. The van der Waals surface area contributed by atoms with Crippen LogP contribution in [0.3, 0.4) is 0 Å². The molecule has 4 nitrogen and oxygen atoms in total. The van der Waals surface area contributed by atoms with E-state index in [4.69, 9.17) is 0 Å². The lowest BCUT2D eigenvalue weighted by atomic mass is 10.1. The first-order valence-corrected chi connectivity index (χ1v) is 9.33. The van der Waals surface area contributed by atoms with E-state index >= 15 is 0 Å². The largest absolute Gasteiger partial charge is 0.352 e. The predicted octanol–water partition coefficient (Wildman–Crippen LogP) is 3.87. The van der Waals surface area contributed by atoms with Crippen LogP contribution in [0.25, 0.3) is 10.2 Å². The number of thiazole rings is 1. The van der Waals surface area contributed by atoms with Crippen molar-refractivity contribution in [2.24, 2.45) is 0 Å². The van der Waals surface area contributed by atoms with E-state index in [0.29, 0.717) is 6.54 Å². The van der Waals surface area contributed by atoms with Gasteiger partial charge in [0.2, 0.25) is 5.91 Å². The van der Waals surface area contributed by atoms with Gasteiger partial charge in [0, 0.05) is 13.1 Å². The molecular formula is C20H23N3OS. The Morgan fingerprint density at radius 1 is 1.16 bits per heavy atom. The van der Waals surface area contributed by atoms with Crippen LogP contribution in [0.1, 0.15) is 18.9 Å². The number of likely N-dealkylation sites (N-methyl/N-ethyl adjacent to an activating group) is 1. The molecule has 1 aromatic heterocycles. The molecule has 0 bridgehead atoms. The first-order chi connectivity index (χ1) is 12.1. The number of benzene rings is 2. The summed E-state index contributed by atoms with van der Waals surface area (Å²) in [6.45, 7) is 2.37. The highest BCUT2D eigenvalue weighted by molar-refractivity contribution is 7.22. The minimum absolute atomic E-state index is 0.0299. The van der Waals surface area contributed by atoms with Crippen LogP contribution >= 0.6 is 11.3 Å². The summed E-state index contributed by atoms with van der Waals surface area (Å²) in [5, 5.41) is 3.95. The zero-order chi connectivity index (χ0) is 17.6.